The molecular weight excluding hydrogens is 168 g/mol. The maximum absolute atomic E-state index is 10.8. The molecular formula is C10H11O3. The zero-order valence-corrected chi connectivity index (χ0v) is 7.66. The fraction of sp³-hybridized carbons (Fsp3) is 0.200. The average molecular weight is 179 g/mol. The molecule has 0 amide bonds. The summed E-state index contributed by atoms with van der Waals surface area (Å²) in [5, 5.41) is 0. The molecule has 0 N–H and O–H groups in total. The van der Waals surface area contributed by atoms with E-state index in [1.54, 1.807) is 0 Å². The second-order valence-electron chi connectivity index (χ2n) is 2.72. The number of carbonyl (C=O) groups excluding carboxylic acids is 1. The third-order valence-electron chi connectivity index (χ3n) is 1.71. The molecule has 0 fully saturated rings. The van der Waals surface area contributed by atoms with Gasteiger partial charge in [-0.05, 0) is 25.0 Å². The van der Waals surface area contributed by atoms with Gasteiger partial charge in [0.2, 0.25) is 0 Å². The predicted octanol–water partition coefficient (Wildman–Crippen LogP) is 2.61. The highest BCUT2D eigenvalue weighted by Crippen LogP contribution is 2.22. The largest absolute Gasteiger partial charge is 0.513 e. The number of rotatable bonds is 1. The minimum absolute atomic E-state index is 0.538. The van der Waals surface area contributed by atoms with Crippen LogP contribution in [0.2, 0.25) is 0 Å². The van der Waals surface area contributed by atoms with Gasteiger partial charge in [0.15, 0.2) is 0 Å². The smallest absolute Gasteiger partial charge is 0.430 e. The first-order valence-corrected chi connectivity index (χ1v) is 3.85. The van der Waals surface area contributed by atoms with Gasteiger partial charge in [-0.25, -0.2) is 4.79 Å². The van der Waals surface area contributed by atoms with Crippen LogP contribution in [0.25, 0.3) is 0 Å². The number of ether oxygens (including phenoxy) is 2. The standard InChI is InChI=1S/C10H11O3/c1-7-5-4-6-8(2)9(7)13-10(11)12-3/h4-6H,3H2,1-2H3. The molecule has 0 saturated carbocycles. The molecule has 1 radical (unpaired) electrons. The molecule has 1 aromatic carbocycles. The van der Waals surface area contributed by atoms with Crippen LogP contribution in [0.5, 0.6) is 5.75 Å². The van der Waals surface area contributed by atoms with Crippen molar-refractivity contribution < 1.29 is 14.3 Å². The Morgan fingerprint density at radius 2 is 1.85 bits per heavy atom. The first kappa shape index (κ1) is 9.58. The van der Waals surface area contributed by atoms with Gasteiger partial charge < -0.3 is 9.47 Å². The highest BCUT2D eigenvalue weighted by molar-refractivity contribution is 5.65. The number of hydrogen-bond donors (Lipinski definition) is 0. The average Bonchev–Trinajstić information content (AvgIpc) is 2.11. The molecule has 0 atom stereocenters. The number of benzene rings is 1. The van der Waals surface area contributed by atoms with Crippen molar-refractivity contribution in [3.05, 3.63) is 36.4 Å². The lowest BCUT2D eigenvalue weighted by atomic mass is 10.1. The van der Waals surface area contributed by atoms with Crippen molar-refractivity contribution in [2.24, 2.45) is 0 Å². The van der Waals surface area contributed by atoms with E-state index in [1.807, 2.05) is 32.0 Å². The summed E-state index contributed by atoms with van der Waals surface area (Å²) in [6, 6.07) is 5.62. The highest BCUT2D eigenvalue weighted by Gasteiger charge is 2.08. The van der Waals surface area contributed by atoms with Crippen molar-refractivity contribution >= 4 is 6.16 Å². The quantitative estimate of drug-likeness (QED) is 0.491. The van der Waals surface area contributed by atoms with Crippen LogP contribution in [0, 0.1) is 21.0 Å². The lowest BCUT2D eigenvalue weighted by Crippen LogP contribution is -2.08. The number of para-hydroxylation sites is 1. The third kappa shape index (κ3) is 2.21. The number of aryl methyl sites for hydroxylation is 2. The first-order chi connectivity index (χ1) is 6.15. The second-order valence-corrected chi connectivity index (χ2v) is 2.72. The van der Waals surface area contributed by atoms with Crippen molar-refractivity contribution in [1.82, 2.24) is 0 Å². The van der Waals surface area contributed by atoms with E-state index >= 15 is 0 Å². The minimum Gasteiger partial charge on any atom is -0.430 e. The van der Waals surface area contributed by atoms with Crippen molar-refractivity contribution in [2.45, 2.75) is 13.8 Å². The van der Waals surface area contributed by atoms with Crippen molar-refractivity contribution in [3.8, 4) is 5.75 Å². The van der Waals surface area contributed by atoms with Crippen LogP contribution in [0.4, 0.5) is 4.79 Å². The van der Waals surface area contributed by atoms with Gasteiger partial charge in [0.1, 0.15) is 12.9 Å². The van der Waals surface area contributed by atoms with E-state index in [9.17, 15) is 4.79 Å². The number of hydrogen-bond acceptors (Lipinski definition) is 3. The zero-order valence-electron chi connectivity index (χ0n) is 7.66. The molecule has 1 rings (SSSR count). The lowest BCUT2D eigenvalue weighted by Gasteiger charge is -2.08. The van der Waals surface area contributed by atoms with Crippen molar-refractivity contribution in [1.29, 1.82) is 0 Å². The molecule has 13 heavy (non-hydrogen) atoms. The molecule has 0 aliphatic heterocycles. The maximum Gasteiger partial charge on any atom is 0.513 e. The fourth-order valence-electron chi connectivity index (χ4n) is 1.07. The van der Waals surface area contributed by atoms with Gasteiger partial charge in [-0.3, -0.25) is 0 Å². The van der Waals surface area contributed by atoms with Gasteiger partial charge in [-0.2, -0.15) is 0 Å². The Morgan fingerprint density at radius 1 is 1.31 bits per heavy atom. The summed E-state index contributed by atoms with van der Waals surface area (Å²) < 4.78 is 9.05. The van der Waals surface area contributed by atoms with Crippen molar-refractivity contribution in [2.75, 3.05) is 0 Å². The molecule has 3 nitrogen and oxygen atoms in total. The van der Waals surface area contributed by atoms with E-state index in [0.29, 0.717) is 5.75 Å². The Labute approximate surface area is 77.3 Å². The molecule has 0 aromatic heterocycles. The van der Waals surface area contributed by atoms with Gasteiger partial charge in [0, 0.05) is 0 Å². The third-order valence-corrected chi connectivity index (χ3v) is 1.71. The Balaban J connectivity index is 2.93. The topological polar surface area (TPSA) is 35.5 Å². The SMILES string of the molecule is [CH2]OC(=O)Oc1c(C)cccc1C. The fourth-order valence-corrected chi connectivity index (χ4v) is 1.07. The monoisotopic (exact) mass is 179 g/mol. The highest BCUT2D eigenvalue weighted by atomic mass is 16.7. The van der Waals surface area contributed by atoms with Crippen LogP contribution in [-0.4, -0.2) is 6.16 Å². The molecule has 0 aliphatic rings. The summed E-state index contributed by atoms with van der Waals surface area (Å²) >= 11 is 0. The molecule has 0 aliphatic carbocycles. The van der Waals surface area contributed by atoms with E-state index in [0.717, 1.165) is 11.1 Å². The van der Waals surface area contributed by atoms with E-state index in [4.69, 9.17) is 4.74 Å². The second kappa shape index (κ2) is 3.94. The van der Waals surface area contributed by atoms with Crippen LogP contribution >= 0.6 is 0 Å². The van der Waals surface area contributed by atoms with E-state index in [-0.39, 0.29) is 0 Å². The first-order valence-electron chi connectivity index (χ1n) is 3.85. The maximum atomic E-state index is 10.8. The van der Waals surface area contributed by atoms with Gasteiger partial charge in [0.05, 0.1) is 0 Å². The summed E-state index contributed by atoms with van der Waals surface area (Å²) in [6.45, 7) is 3.72. The molecule has 0 heterocycles. The lowest BCUT2D eigenvalue weighted by molar-refractivity contribution is 0.133. The van der Waals surface area contributed by atoms with E-state index in [1.165, 1.54) is 0 Å². The summed E-state index contributed by atoms with van der Waals surface area (Å²) in [4.78, 5) is 10.8. The minimum atomic E-state index is -0.794. The van der Waals surface area contributed by atoms with Crippen LogP contribution in [-0.2, 0) is 4.74 Å². The van der Waals surface area contributed by atoms with Gasteiger partial charge in [-0.1, -0.05) is 18.2 Å². The summed E-state index contributed by atoms with van der Waals surface area (Å²) in [7, 11) is 2.97. The molecule has 0 unspecified atom stereocenters. The van der Waals surface area contributed by atoms with Crippen LogP contribution in [0.3, 0.4) is 0 Å². The molecule has 1 aromatic rings. The molecule has 0 spiro atoms. The Kier molecular flexibility index (Phi) is 2.90. The summed E-state index contributed by atoms with van der Waals surface area (Å²) in [5.41, 5.74) is 1.79. The number of carbonyl (C=O) groups is 1. The molecule has 0 bridgehead atoms. The van der Waals surface area contributed by atoms with E-state index in [2.05, 4.69) is 11.8 Å². The summed E-state index contributed by atoms with van der Waals surface area (Å²) in [6.07, 6.45) is -0.794. The molecule has 3 heteroatoms. The van der Waals surface area contributed by atoms with E-state index < -0.39 is 6.16 Å². The van der Waals surface area contributed by atoms with Crippen LogP contribution in [0.15, 0.2) is 18.2 Å². The Bertz CT molecular complexity index is 298. The predicted molar refractivity (Wildman–Crippen MR) is 48.4 cm³/mol. The Hall–Kier alpha value is -1.51. The van der Waals surface area contributed by atoms with Gasteiger partial charge >= 0.3 is 6.16 Å². The van der Waals surface area contributed by atoms with Crippen molar-refractivity contribution in [3.63, 3.8) is 0 Å². The van der Waals surface area contributed by atoms with Gasteiger partial charge in [0.25, 0.3) is 0 Å². The molecule has 0 saturated heterocycles. The summed E-state index contributed by atoms with van der Waals surface area (Å²) in [5.74, 6) is 0.538. The van der Waals surface area contributed by atoms with Crippen LogP contribution < -0.4 is 4.74 Å². The molecule has 69 valence electrons. The van der Waals surface area contributed by atoms with Gasteiger partial charge in [-0.15, -0.1) is 0 Å². The normalized spacial score (nSPS) is 9.46. The van der Waals surface area contributed by atoms with Crippen LogP contribution in [0.1, 0.15) is 11.1 Å². The Morgan fingerprint density at radius 3 is 2.31 bits per heavy atom. The zero-order chi connectivity index (χ0) is 9.84.